The van der Waals surface area contributed by atoms with Crippen molar-refractivity contribution in [2.75, 3.05) is 6.54 Å². The van der Waals surface area contributed by atoms with E-state index in [4.69, 9.17) is 11.6 Å². The van der Waals surface area contributed by atoms with Gasteiger partial charge in [-0.25, -0.2) is 4.68 Å². The predicted octanol–water partition coefficient (Wildman–Crippen LogP) is 3.64. The van der Waals surface area contributed by atoms with Crippen LogP contribution in [-0.2, 0) is 11.2 Å². The Morgan fingerprint density at radius 1 is 1.07 bits per heavy atom. The second kappa shape index (κ2) is 10.1. The lowest BCUT2D eigenvalue weighted by Gasteiger charge is -2.22. The minimum Gasteiger partial charge on any atom is -0.354 e. The molecule has 1 aromatic heterocycles. The van der Waals surface area contributed by atoms with E-state index >= 15 is 0 Å². The zero-order valence-corrected chi connectivity index (χ0v) is 17.8. The minimum absolute atomic E-state index is 0.0720. The first-order chi connectivity index (χ1) is 14.5. The molecule has 0 aliphatic heterocycles. The van der Waals surface area contributed by atoms with E-state index in [1.165, 1.54) is 0 Å². The molecule has 2 aromatic carbocycles. The highest BCUT2D eigenvalue weighted by molar-refractivity contribution is 6.33. The van der Waals surface area contributed by atoms with E-state index in [2.05, 4.69) is 15.7 Å². The molecule has 3 aromatic rings. The highest BCUT2D eigenvalue weighted by Gasteiger charge is 2.25. The number of carbonyl (C=O) groups excluding carboxylic acids is 2. The standard InChI is InChI=1S/C23H25ClN4O2/c1-16(2)21(27-22(29)19-10-6-7-11-20(19)24)23(30)25-13-12-17-14-26-28(15-17)18-8-4-3-5-9-18/h3-11,14-16,21H,12-13H2,1-2H3,(H,25,30)(H,27,29). The van der Waals surface area contributed by atoms with Crippen LogP contribution in [0.5, 0.6) is 0 Å². The highest BCUT2D eigenvalue weighted by Crippen LogP contribution is 2.15. The molecule has 0 saturated heterocycles. The van der Waals surface area contributed by atoms with Gasteiger partial charge in [-0.05, 0) is 42.2 Å². The molecular formula is C23H25ClN4O2. The van der Waals surface area contributed by atoms with Gasteiger partial charge in [0.15, 0.2) is 0 Å². The number of carbonyl (C=O) groups is 2. The Morgan fingerprint density at radius 3 is 2.47 bits per heavy atom. The molecule has 1 unspecified atom stereocenters. The lowest BCUT2D eigenvalue weighted by Crippen LogP contribution is -2.50. The van der Waals surface area contributed by atoms with Gasteiger partial charge >= 0.3 is 0 Å². The van der Waals surface area contributed by atoms with Gasteiger partial charge in [0.2, 0.25) is 5.91 Å². The van der Waals surface area contributed by atoms with Gasteiger partial charge in [-0.15, -0.1) is 0 Å². The number of hydrogen-bond acceptors (Lipinski definition) is 3. The molecule has 7 heteroatoms. The summed E-state index contributed by atoms with van der Waals surface area (Å²) in [5.41, 5.74) is 2.35. The number of benzene rings is 2. The predicted molar refractivity (Wildman–Crippen MR) is 118 cm³/mol. The number of hydrogen-bond donors (Lipinski definition) is 2. The van der Waals surface area contributed by atoms with Crippen molar-refractivity contribution in [3.05, 3.63) is 83.1 Å². The molecule has 0 fully saturated rings. The van der Waals surface area contributed by atoms with E-state index < -0.39 is 6.04 Å². The summed E-state index contributed by atoms with van der Waals surface area (Å²) in [5, 5.41) is 10.4. The van der Waals surface area contributed by atoms with Crippen LogP contribution in [0.4, 0.5) is 0 Å². The summed E-state index contributed by atoms with van der Waals surface area (Å²) in [6.45, 7) is 4.23. The average molecular weight is 425 g/mol. The summed E-state index contributed by atoms with van der Waals surface area (Å²) < 4.78 is 1.80. The van der Waals surface area contributed by atoms with Crippen LogP contribution in [0.15, 0.2) is 67.0 Å². The topological polar surface area (TPSA) is 76.0 Å². The summed E-state index contributed by atoms with van der Waals surface area (Å²) in [5.74, 6) is -0.656. The van der Waals surface area contributed by atoms with Gasteiger partial charge in [-0.2, -0.15) is 5.10 Å². The first-order valence-corrected chi connectivity index (χ1v) is 10.3. The van der Waals surface area contributed by atoms with E-state index in [1.807, 2.05) is 50.4 Å². The van der Waals surface area contributed by atoms with Crippen LogP contribution >= 0.6 is 11.6 Å². The Labute approximate surface area is 181 Å². The van der Waals surface area contributed by atoms with Crippen molar-refractivity contribution in [1.82, 2.24) is 20.4 Å². The summed E-state index contributed by atoms with van der Waals surface area (Å²) in [6.07, 6.45) is 4.38. The summed E-state index contributed by atoms with van der Waals surface area (Å²) >= 11 is 6.09. The molecule has 2 amide bonds. The van der Waals surface area contributed by atoms with Crippen LogP contribution in [0, 0.1) is 5.92 Å². The second-order valence-electron chi connectivity index (χ2n) is 7.34. The maximum Gasteiger partial charge on any atom is 0.253 e. The van der Waals surface area contributed by atoms with Crippen LogP contribution in [0.3, 0.4) is 0 Å². The number of halogens is 1. The Bertz CT molecular complexity index is 1000. The van der Waals surface area contributed by atoms with Gasteiger partial charge in [0.1, 0.15) is 6.04 Å². The van der Waals surface area contributed by atoms with E-state index in [-0.39, 0.29) is 17.7 Å². The van der Waals surface area contributed by atoms with Gasteiger partial charge in [-0.1, -0.05) is 55.8 Å². The number of nitrogens with zero attached hydrogens (tertiary/aromatic N) is 2. The molecule has 1 heterocycles. The van der Waals surface area contributed by atoms with Gasteiger partial charge < -0.3 is 10.6 Å². The van der Waals surface area contributed by atoms with Crippen molar-refractivity contribution in [1.29, 1.82) is 0 Å². The molecular weight excluding hydrogens is 400 g/mol. The van der Waals surface area contributed by atoms with Crippen molar-refractivity contribution in [2.24, 2.45) is 5.92 Å². The molecule has 1 atom stereocenters. The molecule has 0 spiro atoms. The number of amides is 2. The third-order valence-electron chi connectivity index (χ3n) is 4.72. The van der Waals surface area contributed by atoms with Crippen molar-refractivity contribution in [3.8, 4) is 5.69 Å². The highest BCUT2D eigenvalue weighted by atomic mass is 35.5. The fraction of sp³-hybridized carbons (Fsp3) is 0.261. The van der Waals surface area contributed by atoms with E-state index in [0.29, 0.717) is 23.6 Å². The molecule has 3 rings (SSSR count). The first kappa shape index (κ1) is 21.6. The van der Waals surface area contributed by atoms with E-state index in [9.17, 15) is 9.59 Å². The van der Waals surface area contributed by atoms with Gasteiger partial charge in [0.25, 0.3) is 5.91 Å². The van der Waals surface area contributed by atoms with Crippen molar-refractivity contribution >= 4 is 23.4 Å². The van der Waals surface area contributed by atoms with Gasteiger partial charge in [0.05, 0.1) is 22.5 Å². The zero-order valence-electron chi connectivity index (χ0n) is 17.0. The largest absolute Gasteiger partial charge is 0.354 e. The van der Waals surface area contributed by atoms with Crippen LogP contribution < -0.4 is 10.6 Å². The van der Waals surface area contributed by atoms with Gasteiger partial charge in [-0.3, -0.25) is 9.59 Å². The Balaban J connectivity index is 1.55. The van der Waals surface area contributed by atoms with E-state index in [0.717, 1.165) is 11.3 Å². The van der Waals surface area contributed by atoms with Crippen LogP contribution in [-0.4, -0.2) is 34.2 Å². The SMILES string of the molecule is CC(C)C(NC(=O)c1ccccc1Cl)C(=O)NCCc1cnn(-c2ccccc2)c1. The molecule has 0 bridgehead atoms. The molecule has 0 aliphatic carbocycles. The molecule has 30 heavy (non-hydrogen) atoms. The van der Waals surface area contributed by atoms with E-state index in [1.54, 1.807) is 35.1 Å². The van der Waals surface area contributed by atoms with Crippen LogP contribution in [0.25, 0.3) is 5.69 Å². The summed E-state index contributed by atoms with van der Waals surface area (Å²) in [7, 11) is 0. The van der Waals surface area contributed by atoms with Crippen molar-refractivity contribution in [2.45, 2.75) is 26.3 Å². The van der Waals surface area contributed by atoms with Crippen molar-refractivity contribution < 1.29 is 9.59 Å². The molecule has 6 nitrogen and oxygen atoms in total. The lowest BCUT2D eigenvalue weighted by molar-refractivity contribution is -0.123. The molecule has 2 N–H and O–H groups in total. The average Bonchev–Trinajstić information content (AvgIpc) is 3.21. The van der Waals surface area contributed by atoms with Crippen molar-refractivity contribution in [3.63, 3.8) is 0 Å². The van der Waals surface area contributed by atoms with Gasteiger partial charge in [0, 0.05) is 12.7 Å². The third kappa shape index (κ3) is 5.48. The number of rotatable bonds is 8. The molecule has 0 radical (unpaired) electrons. The summed E-state index contributed by atoms with van der Waals surface area (Å²) in [4.78, 5) is 25.2. The fourth-order valence-electron chi connectivity index (χ4n) is 3.05. The maximum atomic E-state index is 12.7. The Hall–Kier alpha value is -3.12. The third-order valence-corrected chi connectivity index (χ3v) is 5.05. The lowest BCUT2D eigenvalue weighted by atomic mass is 10.0. The molecule has 0 saturated carbocycles. The quantitative estimate of drug-likeness (QED) is 0.579. The fourth-order valence-corrected chi connectivity index (χ4v) is 3.27. The molecule has 0 aliphatic rings. The maximum absolute atomic E-state index is 12.7. The number of aromatic nitrogens is 2. The molecule has 156 valence electrons. The van der Waals surface area contributed by atoms with Crippen LogP contribution in [0.1, 0.15) is 29.8 Å². The Kier molecular flexibility index (Phi) is 7.25. The number of para-hydroxylation sites is 1. The minimum atomic E-state index is -0.652. The smallest absolute Gasteiger partial charge is 0.253 e. The zero-order chi connectivity index (χ0) is 21.5. The van der Waals surface area contributed by atoms with Crippen LogP contribution in [0.2, 0.25) is 5.02 Å². The second-order valence-corrected chi connectivity index (χ2v) is 7.75. The Morgan fingerprint density at radius 2 is 1.77 bits per heavy atom. The normalized spacial score (nSPS) is 11.9. The number of nitrogens with one attached hydrogen (secondary N) is 2. The summed E-state index contributed by atoms with van der Waals surface area (Å²) in [6, 6.07) is 16.0. The first-order valence-electron chi connectivity index (χ1n) is 9.88. The monoisotopic (exact) mass is 424 g/mol.